The lowest BCUT2D eigenvalue weighted by molar-refractivity contribution is 0.628. The zero-order valence-electron chi connectivity index (χ0n) is 8.04. The number of hydrogen-bond donors (Lipinski definition) is 1. The first-order valence-corrected chi connectivity index (χ1v) is 4.70. The Hall–Kier alpha value is -1.55. The Labute approximate surface area is 91.3 Å². The molecule has 78 valence electrons. The normalized spacial score (nSPS) is 10.6. The molecule has 0 aliphatic carbocycles. The predicted molar refractivity (Wildman–Crippen MR) is 58.0 cm³/mol. The van der Waals surface area contributed by atoms with Crippen molar-refractivity contribution in [2.45, 2.75) is 0 Å². The summed E-state index contributed by atoms with van der Waals surface area (Å²) >= 11 is 5.93. The molecule has 1 aromatic heterocycles. The van der Waals surface area contributed by atoms with Crippen LogP contribution >= 0.6 is 11.6 Å². The summed E-state index contributed by atoms with van der Waals surface area (Å²) in [6, 6.07) is 4.18. The number of nitrogens with zero attached hydrogens (tertiary/aromatic N) is 2. The zero-order chi connectivity index (χ0) is 11.0. The van der Waals surface area contributed by atoms with Gasteiger partial charge >= 0.3 is 0 Å². The minimum Gasteiger partial charge on any atom is -0.396 e. The van der Waals surface area contributed by atoms with Crippen LogP contribution in [0.3, 0.4) is 0 Å². The summed E-state index contributed by atoms with van der Waals surface area (Å²) in [7, 11) is 1.76. The molecule has 0 unspecified atom stereocenters. The first-order valence-electron chi connectivity index (χ1n) is 4.32. The van der Waals surface area contributed by atoms with Gasteiger partial charge in [0.25, 0.3) is 0 Å². The van der Waals surface area contributed by atoms with Crippen LogP contribution in [0.25, 0.3) is 11.3 Å². The highest BCUT2D eigenvalue weighted by Crippen LogP contribution is 2.31. The smallest absolute Gasteiger partial charge is 0.124 e. The Morgan fingerprint density at radius 1 is 1.47 bits per heavy atom. The number of halogens is 2. The minimum atomic E-state index is -0.371. The third-order valence-electron chi connectivity index (χ3n) is 2.15. The third-order valence-corrected chi connectivity index (χ3v) is 2.47. The molecule has 0 aliphatic rings. The molecule has 0 saturated carbocycles. The molecule has 0 amide bonds. The molecule has 15 heavy (non-hydrogen) atoms. The fourth-order valence-corrected chi connectivity index (χ4v) is 1.72. The number of nitrogen functional groups attached to an aromatic ring is 1. The summed E-state index contributed by atoms with van der Waals surface area (Å²) in [6.45, 7) is 0. The molecule has 1 heterocycles. The fraction of sp³-hybridized carbons (Fsp3) is 0.100. The van der Waals surface area contributed by atoms with Crippen molar-refractivity contribution in [3.63, 3.8) is 0 Å². The predicted octanol–water partition coefficient (Wildman–Crippen LogP) is 2.46. The van der Waals surface area contributed by atoms with E-state index < -0.39 is 0 Å². The SMILES string of the molecule is Cn1ncc(N)c1-c1ccc(F)cc1Cl. The molecule has 2 aromatic rings. The van der Waals surface area contributed by atoms with E-state index in [4.69, 9.17) is 17.3 Å². The van der Waals surface area contributed by atoms with Crippen LogP contribution < -0.4 is 5.73 Å². The number of aromatic nitrogens is 2. The van der Waals surface area contributed by atoms with Crippen LogP contribution in [0.15, 0.2) is 24.4 Å². The Bertz CT molecular complexity index is 488. The van der Waals surface area contributed by atoms with Gasteiger partial charge < -0.3 is 5.73 Å². The maximum atomic E-state index is 12.9. The molecular formula is C10H9ClFN3. The van der Waals surface area contributed by atoms with Crippen LogP contribution in [0.4, 0.5) is 10.1 Å². The molecule has 0 atom stereocenters. The van der Waals surface area contributed by atoms with E-state index in [9.17, 15) is 4.39 Å². The average molecular weight is 226 g/mol. The molecule has 0 aliphatic heterocycles. The summed E-state index contributed by atoms with van der Waals surface area (Å²) in [5.74, 6) is -0.371. The van der Waals surface area contributed by atoms with Crippen molar-refractivity contribution in [2.24, 2.45) is 7.05 Å². The largest absolute Gasteiger partial charge is 0.396 e. The van der Waals surface area contributed by atoms with Gasteiger partial charge in [-0.15, -0.1) is 0 Å². The molecule has 3 nitrogen and oxygen atoms in total. The van der Waals surface area contributed by atoms with Gasteiger partial charge in [0.1, 0.15) is 5.82 Å². The standard InChI is InChI=1S/C10H9ClFN3/c1-15-10(9(13)5-14-15)7-3-2-6(12)4-8(7)11/h2-5H,13H2,1H3. The molecule has 1 aromatic carbocycles. The number of nitrogens with two attached hydrogens (primary N) is 1. The number of rotatable bonds is 1. The lowest BCUT2D eigenvalue weighted by Crippen LogP contribution is -1.96. The molecule has 0 bridgehead atoms. The molecule has 0 fully saturated rings. The zero-order valence-corrected chi connectivity index (χ0v) is 8.79. The van der Waals surface area contributed by atoms with Crippen molar-refractivity contribution in [3.05, 3.63) is 35.2 Å². The van der Waals surface area contributed by atoms with Crippen LogP contribution in [0.5, 0.6) is 0 Å². The lowest BCUT2D eigenvalue weighted by Gasteiger charge is -2.06. The molecule has 0 saturated heterocycles. The van der Waals surface area contributed by atoms with E-state index in [0.717, 1.165) is 0 Å². The Kier molecular flexibility index (Phi) is 2.36. The second-order valence-corrected chi connectivity index (χ2v) is 3.60. The summed E-state index contributed by atoms with van der Waals surface area (Å²) in [6.07, 6.45) is 1.54. The topological polar surface area (TPSA) is 43.8 Å². The van der Waals surface area contributed by atoms with Crippen LogP contribution in [0, 0.1) is 5.82 Å². The van der Waals surface area contributed by atoms with Crippen molar-refractivity contribution >= 4 is 17.3 Å². The van der Waals surface area contributed by atoms with E-state index in [2.05, 4.69) is 5.10 Å². The second kappa shape index (κ2) is 3.55. The Morgan fingerprint density at radius 3 is 2.73 bits per heavy atom. The van der Waals surface area contributed by atoms with Crippen molar-refractivity contribution < 1.29 is 4.39 Å². The minimum absolute atomic E-state index is 0.324. The van der Waals surface area contributed by atoms with Gasteiger partial charge in [0.15, 0.2) is 0 Å². The van der Waals surface area contributed by atoms with E-state index in [0.29, 0.717) is 22.0 Å². The average Bonchev–Trinajstić information content (AvgIpc) is 2.48. The second-order valence-electron chi connectivity index (χ2n) is 3.20. The highest BCUT2D eigenvalue weighted by atomic mass is 35.5. The first-order chi connectivity index (χ1) is 7.09. The summed E-state index contributed by atoms with van der Waals surface area (Å²) < 4.78 is 14.5. The quantitative estimate of drug-likeness (QED) is 0.810. The third kappa shape index (κ3) is 1.68. The Morgan fingerprint density at radius 2 is 2.20 bits per heavy atom. The lowest BCUT2D eigenvalue weighted by atomic mass is 10.1. The van der Waals surface area contributed by atoms with Gasteiger partial charge in [0.2, 0.25) is 0 Å². The van der Waals surface area contributed by atoms with Crippen LogP contribution in [-0.2, 0) is 7.05 Å². The number of benzene rings is 1. The molecule has 2 N–H and O–H groups in total. The van der Waals surface area contributed by atoms with Crippen molar-refractivity contribution in [2.75, 3.05) is 5.73 Å². The molecule has 2 rings (SSSR count). The molecular weight excluding hydrogens is 217 g/mol. The summed E-state index contributed by atoms with van der Waals surface area (Å²) in [5, 5.41) is 4.32. The molecule has 5 heteroatoms. The Balaban J connectivity index is 2.64. The maximum Gasteiger partial charge on any atom is 0.124 e. The van der Waals surface area contributed by atoms with E-state index in [-0.39, 0.29) is 5.82 Å². The fourth-order valence-electron chi connectivity index (χ4n) is 1.47. The van der Waals surface area contributed by atoms with E-state index in [1.807, 2.05) is 0 Å². The number of anilines is 1. The summed E-state index contributed by atoms with van der Waals surface area (Å²) in [4.78, 5) is 0. The maximum absolute atomic E-state index is 12.9. The number of aryl methyl sites for hydroxylation is 1. The van der Waals surface area contributed by atoms with Crippen molar-refractivity contribution in [1.82, 2.24) is 9.78 Å². The highest BCUT2D eigenvalue weighted by Gasteiger charge is 2.12. The first kappa shape index (κ1) is 9.98. The van der Waals surface area contributed by atoms with E-state index in [1.54, 1.807) is 17.8 Å². The number of hydrogen-bond acceptors (Lipinski definition) is 2. The van der Waals surface area contributed by atoms with E-state index >= 15 is 0 Å². The van der Waals surface area contributed by atoms with Crippen LogP contribution in [-0.4, -0.2) is 9.78 Å². The van der Waals surface area contributed by atoms with Crippen LogP contribution in [0.1, 0.15) is 0 Å². The van der Waals surface area contributed by atoms with Gasteiger partial charge in [0.05, 0.1) is 22.6 Å². The van der Waals surface area contributed by atoms with Gasteiger partial charge in [-0.05, 0) is 18.2 Å². The van der Waals surface area contributed by atoms with Crippen molar-refractivity contribution in [3.8, 4) is 11.3 Å². The van der Waals surface area contributed by atoms with Gasteiger partial charge in [0, 0.05) is 12.6 Å². The van der Waals surface area contributed by atoms with Gasteiger partial charge in [-0.3, -0.25) is 4.68 Å². The van der Waals surface area contributed by atoms with E-state index in [1.165, 1.54) is 18.3 Å². The molecule has 0 spiro atoms. The molecule has 0 radical (unpaired) electrons. The van der Waals surface area contributed by atoms with Gasteiger partial charge in [-0.1, -0.05) is 11.6 Å². The monoisotopic (exact) mass is 225 g/mol. The van der Waals surface area contributed by atoms with Gasteiger partial charge in [-0.2, -0.15) is 5.10 Å². The summed E-state index contributed by atoms with van der Waals surface area (Å²) in [5.41, 5.74) is 7.63. The van der Waals surface area contributed by atoms with Gasteiger partial charge in [-0.25, -0.2) is 4.39 Å². The van der Waals surface area contributed by atoms with Crippen LogP contribution in [0.2, 0.25) is 5.02 Å². The highest BCUT2D eigenvalue weighted by molar-refractivity contribution is 6.33. The van der Waals surface area contributed by atoms with Crippen molar-refractivity contribution in [1.29, 1.82) is 0 Å².